The molecule has 0 fully saturated rings. The van der Waals surface area contributed by atoms with Gasteiger partial charge in [-0.3, -0.25) is 4.98 Å². The van der Waals surface area contributed by atoms with E-state index in [9.17, 15) is 0 Å². The first-order valence-electron chi connectivity index (χ1n) is 6.82. The van der Waals surface area contributed by atoms with E-state index in [-0.39, 0.29) is 0 Å². The largest absolute Gasteiger partial charge is 0.383 e. The Bertz CT molecular complexity index is 590. The molecule has 4 heteroatoms. The van der Waals surface area contributed by atoms with E-state index in [4.69, 9.17) is 5.73 Å². The maximum atomic E-state index is 6.10. The Balaban J connectivity index is 2.06. The first kappa shape index (κ1) is 12.1. The Morgan fingerprint density at radius 2 is 1.89 bits per heavy atom. The van der Waals surface area contributed by atoms with Gasteiger partial charge in [-0.1, -0.05) is 12.5 Å². The molecule has 0 saturated heterocycles. The van der Waals surface area contributed by atoms with Crippen LogP contribution in [0.2, 0.25) is 0 Å². The molecule has 2 N–H and O–H groups in total. The number of nitrogens with two attached hydrogens (primary N) is 1. The zero-order chi connectivity index (χ0) is 13.2. The first-order valence-corrected chi connectivity index (χ1v) is 6.82. The third-order valence-electron chi connectivity index (χ3n) is 3.61. The van der Waals surface area contributed by atoms with Gasteiger partial charge in [-0.2, -0.15) is 0 Å². The molecule has 0 saturated carbocycles. The lowest BCUT2D eigenvalue weighted by atomic mass is 10.1. The normalized spacial score (nSPS) is 14.8. The highest BCUT2D eigenvalue weighted by Crippen LogP contribution is 2.25. The van der Waals surface area contributed by atoms with Gasteiger partial charge in [-0.05, 0) is 44.2 Å². The number of fused-ring (bicyclic) bond motifs is 1. The minimum Gasteiger partial charge on any atom is -0.383 e. The fourth-order valence-electron chi connectivity index (χ4n) is 2.51. The quantitative estimate of drug-likeness (QED) is 0.795. The summed E-state index contributed by atoms with van der Waals surface area (Å²) in [6.45, 7) is 2.02. The van der Waals surface area contributed by atoms with Crippen LogP contribution in [0, 0.1) is 6.92 Å². The lowest BCUT2D eigenvalue weighted by molar-refractivity contribution is 0.709. The number of aromatic nitrogens is 3. The zero-order valence-electron chi connectivity index (χ0n) is 11.2. The number of aryl methyl sites for hydroxylation is 2. The topological polar surface area (TPSA) is 64.7 Å². The van der Waals surface area contributed by atoms with Gasteiger partial charge in [0.25, 0.3) is 0 Å². The van der Waals surface area contributed by atoms with Crippen LogP contribution in [0.5, 0.6) is 0 Å². The van der Waals surface area contributed by atoms with Crippen molar-refractivity contribution in [2.75, 3.05) is 5.73 Å². The van der Waals surface area contributed by atoms with Gasteiger partial charge in [0.15, 0.2) is 5.82 Å². The van der Waals surface area contributed by atoms with Gasteiger partial charge in [0.2, 0.25) is 0 Å². The minimum absolute atomic E-state index is 0.629. The van der Waals surface area contributed by atoms with Crippen molar-refractivity contribution in [1.82, 2.24) is 15.0 Å². The molecule has 2 aromatic rings. The Hall–Kier alpha value is -1.97. The van der Waals surface area contributed by atoms with Crippen molar-refractivity contribution in [2.24, 2.45) is 0 Å². The van der Waals surface area contributed by atoms with Crippen molar-refractivity contribution in [2.45, 2.75) is 39.0 Å². The Kier molecular flexibility index (Phi) is 3.15. The van der Waals surface area contributed by atoms with Gasteiger partial charge >= 0.3 is 0 Å². The zero-order valence-corrected chi connectivity index (χ0v) is 11.2. The smallest absolute Gasteiger partial charge is 0.180 e. The van der Waals surface area contributed by atoms with Crippen LogP contribution >= 0.6 is 0 Å². The number of pyridine rings is 1. The fourth-order valence-corrected chi connectivity index (χ4v) is 2.51. The Morgan fingerprint density at radius 3 is 2.68 bits per heavy atom. The van der Waals surface area contributed by atoms with Crippen LogP contribution in [-0.4, -0.2) is 15.0 Å². The summed E-state index contributed by atoms with van der Waals surface area (Å²) in [5.41, 5.74) is 10.3. The molecule has 0 radical (unpaired) electrons. The summed E-state index contributed by atoms with van der Waals surface area (Å²) < 4.78 is 0. The number of hydrogen-bond acceptors (Lipinski definition) is 4. The predicted molar refractivity (Wildman–Crippen MR) is 75.7 cm³/mol. The SMILES string of the molecule is Cc1ccc(-c2nc(N)c3c(n2)CCCCC3)nc1. The highest BCUT2D eigenvalue weighted by molar-refractivity contribution is 5.55. The molecule has 3 rings (SSSR count). The molecule has 1 aliphatic rings. The standard InChI is InChI=1S/C15H18N4/c1-10-7-8-13(17-9-10)15-18-12-6-4-2-3-5-11(12)14(16)19-15/h7-9H,2-6H2,1H3,(H2,16,18,19). The monoisotopic (exact) mass is 254 g/mol. The Morgan fingerprint density at radius 1 is 1.05 bits per heavy atom. The van der Waals surface area contributed by atoms with E-state index in [0.717, 1.165) is 35.4 Å². The summed E-state index contributed by atoms with van der Waals surface area (Å²) in [6, 6.07) is 3.97. The Labute approximate surface area is 113 Å². The number of anilines is 1. The molecule has 0 amide bonds. The number of nitrogen functional groups attached to an aromatic ring is 1. The molecule has 0 atom stereocenters. The summed E-state index contributed by atoms with van der Waals surface area (Å²) in [4.78, 5) is 13.5. The summed E-state index contributed by atoms with van der Waals surface area (Å²) >= 11 is 0. The third kappa shape index (κ3) is 2.43. The molecule has 19 heavy (non-hydrogen) atoms. The molecule has 0 aliphatic heterocycles. The van der Waals surface area contributed by atoms with Gasteiger partial charge < -0.3 is 5.73 Å². The molecule has 0 spiro atoms. The lowest BCUT2D eigenvalue weighted by Gasteiger charge is -2.10. The molecular weight excluding hydrogens is 236 g/mol. The molecule has 0 aromatic carbocycles. The van der Waals surface area contributed by atoms with Crippen molar-refractivity contribution in [3.8, 4) is 11.5 Å². The number of nitrogens with zero attached hydrogens (tertiary/aromatic N) is 3. The van der Waals surface area contributed by atoms with Gasteiger partial charge in [-0.25, -0.2) is 9.97 Å². The van der Waals surface area contributed by atoms with Crippen LogP contribution in [0.3, 0.4) is 0 Å². The van der Waals surface area contributed by atoms with Crippen molar-refractivity contribution in [3.63, 3.8) is 0 Å². The summed E-state index contributed by atoms with van der Waals surface area (Å²) in [5, 5.41) is 0. The van der Waals surface area contributed by atoms with Gasteiger partial charge in [0, 0.05) is 17.5 Å². The van der Waals surface area contributed by atoms with E-state index in [2.05, 4.69) is 15.0 Å². The van der Waals surface area contributed by atoms with Crippen molar-refractivity contribution in [3.05, 3.63) is 35.2 Å². The average Bonchev–Trinajstić information content (AvgIpc) is 2.65. The molecule has 98 valence electrons. The van der Waals surface area contributed by atoms with Crippen LogP contribution < -0.4 is 5.73 Å². The molecular formula is C15H18N4. The molecule has 4 nitrogen and oxygen atoms in total. The van der Waals surface area contributed by atoms with Gasteiger partial charge in [-0.15, -0.1) is 0 Å². The van der Waals surface area contributed by atoms with E-state index in [1.807, 2.05) is 25.3 Å². The van der Waals surface area contributed by atoms with E-state index in [1.54, 1.807) is 0 Å². The minimum atomic E-state index is 0.629. The second-order valence-corrected chi connectivity index (χ2v) is 5.14. The maximum Gasteiger partial charge on any atom is 0.180 e. The van der Waals surface area contributed by atoms with E-state index in [0.29, 0.717) is 11.6 Å². The van der Waals surface area contributed by atoms with E-state index < -0.39 is 0 Å². The predicted octanol–water partition coefficient (Wildman–Crippen LogP) is 2.70. The van der Waals surface area contributed by atoms with Crippen LogP contribution in [0.15, 0.2) is 18.3 Å². The van der Waals surface area contributed by atoms with Gasteiger partial charge in [0.1, 0.15) is 11.5 Å². The van der Waals surface area contributed by atoms with Crippen molar-refractivity contribution >= 4 is 5.82 Å². The van der Waals surface area contributed by atoms with Crippen LogP contribution in [0.1, 0.15) is 36.1 Å². The summed E-state index contributed by atoms with van der Waals surface area (Å²) in [6.07, 6.45) is 7.45. The highest BCUT2D eigenvalue weighted by atomic mass is 15.0. The maximum absolute atomic E-state index is 6.10. The van der Waals surface area contributed by atoms with Crippen LogP contribution in [0.25, 0.3) is 11.5 Å². The van der Waals surface area contributed by atoms with Gasteiger partial charge in [0.05, 0.1) is 0 Å². The second kappa shape index (κ2) is 4.96. The number of hydrogen-bond donors (Lipinski definition) is 1. The van der Waals surface area contributed by atoms with E-state index in [1.165, 1.54) is 19.3 Å². The van der Waals surface area contributed by atoms with Crippen LogP contribution in [-0.2, 0) is 12.8 Å². The highest BCUT2D eigenvalue weighted by Gasteiger charge is 2.16. The fraction of sp³-hybridized carbons (Fsp3) is 0.400. The average molecular weight is 254 g/mol. The number of rotatable bonds is 1. The summed E-state index contributed by atoms with van der Waals surface area (Å²) in [5.74, 6) is 1.28. The van der Waals surface area contributed by atoms with E-state index >= 15 is 0 Å². The first-order chi connectivity index (χ1) is 9.24. The summed E-state index contributed by atoms with van der Waals surface area (Å²) in [7, 11) is 0. The van der Waals surface area contributed by atoms with Crippen molar-refractivity contribution < 1.29 is 0 Å². The van der Waals surface area contributed by atoms with Crippen LogP contribution in [0.4, 0.5) is 5.82 Å². The van der Waals surface area contributed by atoms with Crippen molar-refractivity contribution in [1.29, 1.82) is 0 Å². The molecule has 0 unspecified atom stereocenters. The molecule has 0 bridgehead atoms. The molecule has 1 aliphatic carbocycles. The molecule has 2 heterocycles. The lowest BCUT2D eigenvalue weighted by Crippen LogP contribution is -2.07. The molecule has 2 aromatic heterocycles. The second-order valence-electron chi connectivity index (χ2n) is 5.14. The third-order valence-corrected chi connectivity index (χ3v) is 3.61.